The first kappa shape index (κ1) is 14.3. The molecule has 7 heteroatoms. The average molecular weight is 254 g/mol. The molecule has 0 rings (SSSR count). The van der Waals surface area contributed by atoms with Crippen LogP contribution in [0, 0.1) is 0 Å². The minimum absolute atomic E-state index is 1.08. The van der Waals surface area contributed by atoms with Gasteiger partial charge in [0.1, 0.15) is 10.5 Å². The van der Waals surface area contributed by atoms with Crippen molar-refractivity contribution in [2.75, 3.05) is 0 Å². The maximum absolute atomic E-state index is 11.3. The van der Waals surface area contributed by atoms with Crippen molar-refractivity contribution < 1.29 is 20.5 Å². The van der Waals surface area contributed by atoms with Crippen LogP contribution in [0.1, 0.15) is 13.8 Å². The van der Waals surface area contributed by atoms with E-state index in [4.69, 9.17) is 0 Å². The van der Waals surface area contributed by atoms with Crippen LogP contribution in [-0.4, -0.2) is 27.3 Å². The maximum Gasteiger partial charge on any atom is 0.288 e. The molecule has 2 unspecified atom stereocenters. The van der Waals surface area contributed by atoms with Crippen molar-refractivity contribution in [2.24, 2.45) is 0 Å². The summed E-state index contributed by atoms with van der Waals surface area (Å²) in [4.78, 5) is 0. The molecule has 0 bridgehead atoms. The zero-order valence-corrected chi connectivity index (χ0v) is 10.2. The highest BCUT2D eigenvalue weighted by molar-refractivity contribution is 8.00. The van der Waals surface area contributed by atoms with Crippen LogP contribution in [0.2, 0.25) is 0 Å². The SMILES string of the molecule is C=CC(C)S(=O)(=O)OS(=O)(=O)C(C)C=C. The van der Waals surface area contributed by atoms with Gasteiger partial charge in [0.2, 0.25) is 0 Å². The van der Waals surface area contributed by atoms with E-state index in [0.29, 0.717) is 0 Å². The molecule has 0 aromatic carbocycles. The zero-order chi connectivity index (χ0) is 12.3. The lowest BCUT2D eigenvalue weighted by molar-refractivity contribution is 0.455. The van der Waals surface area contributed by atoms with E-state index in [-0.39, 0.29) is 0 Å². The highest BCUT2D eigenvalue weighted by atomic mass is 32.3. The molecule has 0 fully saturated rings. The predicted octanol–water partition coefficient (Wildman–Crippen LogP) is 0.812. The van der Waals surface area contributed by atoms with Gasteiger partial charge >= 0.3 is 0 Å². The summed E-state index contributed by atoms with van der Waals surface area (Å²) in [5.41, 5.74) is 0. The van der Waals surface area contributed by atoms with E-state index < -0.39 is 30.7 Å². The van der Waals surface area contributed by atoms with Gasteiger partial charge in [0.05, 0.1) is 0 Å². The second-order valence-electron chi connectivity index (χ2n) is 2.94. The Kier molecular flexibility index (Phi) is 4.69. The van der Waals surface area contributed by atoms with E-state index in [9.17, 15) is 16.8 Å². The number of rotatable bonds is 6. The van der Waals surface area contributed by atoms with Gasteiger partial charge in [0, 0.05) is 0 Å². The fraction of sp³-hybridized carbons (Fsp3) is 0.500. The van der Waals surface area contributed by atoms with Crippen molar-refractivity contribution in [1.29, 1.82) is 0 Å². The highest BCUT2D eigenvalue weighted by Gasteiger charge is 2.29. The Morgan fingerprint density at radius 1 is 0.933 bits per heavy atom. The van der Waals surface area contributed by atoms with Crippen molar-refractivity contribution in [1.82, 2.24) is 0 Å². The van der Waals surface area contributed by atoms with E-state index in [0.717, 1.165) is 12.2 Å². The smallest absolute Gasteiger partial charge is 0.198 e. The zero-order valence-electron chi connectivity index (χ0n) is 8.58. The van der Waals surface area contributed by atoms with Gasteiger partial charge in [-0.05, 0) is 13.8 Å². The molecular formula is C8H14O5S2. The fourth-order valence-corrected chi connectivity index (χ4v) is 3.01. The first-order valence-corrected chi connectivity index (χ1v) is 7.05. The first-order chi connectivity index (χ1) is 6.67. The summed E-state index contributed by atoms with van der Waals surface area (Å²) in [7, 11) is -8.35. The second kappa shape index (κ2) is 4.91. The van der Waals surface area contributed by atoms with Gasteiger partial charge in [-0.25, -0.2) is 0 Å². The van der Waals surface area contributed by atoms with E-state index in [1.807, 2.05) is 0 Å². The Bertz CT molecular complexity index is 390. The van der Waals surface area contributed by atoms with Gasteiger partial charge < -0.3 is 0 Å². The van der Waals surface area contributed by atoms with Crippen LogP contribution in [0.4, 0.5) is 0 Å². The van der Waals surface area contributed by atoms with Gasteiger partial charge in [-0.15, -0.1) is 16.8 Å². The van der Waals surface area contributed by atoms with Crippen molar-refractivity contribution in [2.45, 2.75) is 24.3 Å². The van der Waals surface area contributed by atoms with E-state index in [1.54, 1.807) is 0 Å². The minimum Gasteiger partial charge on any atom is -0.198 e. The molecule has 0 aromatic rings. The highest BCUT2D eigenvalue weighted by Crippen LogP contribution is 2.13. The summed E-state index contributed by atoms with van der Waals surface area (Å²) in [6.07, 6.45) is 2.17. The molecule has 15 heavy (non-hydrogen) atoms. The van der Waals surface area contributed by atoms with Gasteiger partial charge in [-0.3, -0.25) is 0 Å². The number of hydrogen-bond acceptors (Lipinski definition) is 5. The van der Waals surface area contributed by atoms with Gasteiger partial charge in [-0.1, -0.05) is 12.2 Å². The molecule has 2 atom stereocenters. The van der Waals surface area contributed by atoms with Crippen LogP contribution in [0.3, 0.4) is 0 Å². The Morgan fingerprint density at radius 3 is 1.40 bits per heavy atom. The molecule has 0 aromatic heterocycles. The molecular weight excluding hydrogens is 240 g/mol. The molecule has 0 aliphatic carbocycles. The maximum atomic E-state index is 11.3. The number of hydrogen-bond donors (Lipinski definition) is 0. The molecule has 5 nitrogen and oxygen atoms in total. The summed E-state index contributed by atoms with van der Waals surface area (Å²) in [6.45, 7) is 9.04. The third-order valence-electron chi connectivity index (χ3n) is 1.76. The molecule has 0 radical (unpaired) electrons. The average Bonchev–Trinajstić information content (AvgIpc) is 2.13. The topological polar surface area (TPSA) is 77.5 Å². The molecule has 0 N–H and O–H groups in total. The van der Waals surface area contributed by atoms with Crippen molar-refractivity contribution in [3.05, 3.63) is 25.3 Å². The Hall–Kier alpha value is -0.660. The Balaban J connectivity index is 5.06. The summed E-state index contributed by atoms with van der Waals surface area (Å²) < 4.78 is 49.3. The summed E-state index contributed by atoms with van der Waals surface area (Å²) in [5.74, 6) is 0. The Labute approximate surface area is 90.7 Å². The van der Waals surface area contributed by atoms with Crippen LogP contribution in [0.5, 0.6) is 0 Å². The summed E-state index contributed by atoms with van der Waals surface area (Å²) >= 11 is 0. The van der Waals surface area contributed by atoms with Crippen LogP contribution in [0.25, 0.3) is 0 Å². The Morgan fingerprint density at radius 2 is 1.20 bits per heavy atom. The molecule has 0 aliphatic rings. The lowest BCUT2D eigenvalue weighted by Gasteiger charge is -2.11. The molecule has 88 valence electrons. The van der Waals surface area contributed by atoms with Crippen molar-refractivity contribution in [3.63, 3.8) is 0 Å². The van der Waals surface area contributed by atoms with E-state index in [2.05, 4.69) is 16.8 Å². The van der Waals surface area contributed by atoms with Gasteiger partial charge in [0.25, 0.3) is 20.2 Å². The standard InChI is InChI=1S/C8H14O5S2/c1-5-7(3)14(9,10)13-15(11,12)8(4)6-2/h5-8H,1-2H2,3-4H3. The van der Waals surface area contributed by atoms with E-state index >= 15 is 0 Å². The molecule has 0 heterocycles. The normalized spacial score (nSPS) is 16.7. The minimum atomic E-state index is -4.18. The molecule has 0 saturated carbocycles. The lowest BCUT2D eigenvalue weighted by atomic mass is 10.5. The molecule has 0 aliphatic heterocycles. The van der Waals surface area contributed by atoms with E-state index in [1.165, 1.54) is 13.8 Å². The molecule has 0 saturated heterocycles. The quantitative estimate of drug-likeness (QED) is 0.655. The lowest BCUT2D eigenvalue weighted by Crippen LogP contribution is -2.27. The first-order valence-electron chi connectivity index (χ1n) is 4.11. The summed E-state index contributed by atoms with van der Waals surface area (Å²) in [6, 6.07) is 0. The monoisotopic (exact) mass is 254 g/mol. The predicted molar refractivity (Wildman–Crippen MR) is 58.2 cm³/mol. The largest absolute Gasteiger partial charge is 0.288 e. The molecule has 0 amide bonds. The van der Waals surface area contributed by atoms with Crippen LogP contribution in [0.15, 0.2) is 25.3 Å². The van der Waals surface area contributed by atoms with Gasteiger partial charge in [-0.2, -0.15) is 16.8 Å². The summed E-state index contributed by atoms with van der Waals surface area (Å²) in [5, 5.41) is -2.16. The third kappa shape index (κ3) is 3.77. The second-order valence-corrected chi connectivity index (χ2v) is 6.94. The molecule has 0 spiro atoms. The van der Waals surface area contributed by atoms with Crippen LogP contribution < -0.4 is 0 Å². The van der Waals surface area contributed by atoms with Crippen molar-refractivity contribution >= 4 is 20.2 Å². The van der Waals surface area contributed by atoms with Crippen LogP contribution >= 0.6 is 0 Å². The van der Waals surface area contributed by atoms with Crippen LogP contribution in [-0.2, 0) is 23.9 Å². The third-order valence-corrected chi connectivity index (χ3v) is 5.49. The van der Waals surface area contributed by atoms with Crippen molar-refractivity contribution in [3.8, 4) is 0 Å². The van der Waals surface area contributed by atoms with Gasteiger partial charge in [0.15, 0.2) is 0 Å². The fourth-order valence-electron chi connectivity index (χ4n) is 0.492.